The average Bonchev–Trinajstić information content (AvgIpc) is 3.00. The molecule has 0 amide bonds. The summed E-state index contributed by atoms with van der Waals surface area (Å²) in [6.07, 6.45) is 1.56. The van der Waals surface area contributed by atoms with Gasteiger partial charge < -0.3 is 0 Å². The number of rotatable bonds is 6. The third kappa shape index (κ3) is 3.81. The van der Waals surface area contributed by atoms with Gasteiger partial charge in [-0.1, -0.05) is 48.0 Å². The molecule has 0 bridgehead atoms. The zero-order valence-electron chi connectivity index (χ0n) is 15.5. The van der Waals surface area contributed by atoms with Crippen molar-refractivity contribution in [3.8, 4) is 17.3 Å². The van der Waals surface area contributed by atoms with Crippen molar-refractivity contribution < 1.29 is 8.42 Å². The quantitative estimate of drug-likeness (QED) is 0.576. The first-order valence-electron chi connectivity index (χ1n) is 8.91. The summed E-state index contributed by atoms with van der Waals surface area (Å²) >= 11 is 0. The van der Waals surface area contributed by atoms with E-state index in [0.29, 0.717) is 25.0 Å². The molecule has 4 nitrogen and oxygen atoms in total. The topological polar surface area (TPSA) is 62.9 Å². The number of nitriles is 1. The Labute approximate surface area is 160 Å². The van der Waals surface area contributed by atoms with Crippen molar-refractivity contribution in [3.63, 3.8) is 0 Å². The molecule has 1 aromatic heterocycles. The molecule has 0 aliphatic carbocycles. The summed E-state index contributed by atoms with van der Waals surface area (Å²) in [6, 6.07) is 20.5. The van der Waals surface area contributed by atoms with Gasteiger partial charge in [0.05, 0.1) is 16.7 Å². The third-order valence-electron chi connectivity index (χ3n) is 4.60. The molecule has 0 atom stereocenters. The number of hydrogen-bond acceptors (Lipinski definition) is 3. The summed E-state index contributed by atoms with van der Waals surface area (Å²) < 4.78 is 28.5. The molecule has 0 radical (unpaired) electrons. The Morgan fingerprint density at radius 3 is 2.30 bits per heavy atom. The van der Waals surface area contributed by atoms with Gasteiger partial charge in [-0.25, -0.2) is 12.4 Å². The van der Waals surface area contributed by atoms with Crippen LogP contribution in [0.25, 0.3) is 11.3 Å². The average molecular weight is 378 g/mol. The van der Waals surface area contributed by atoms with Crippen LogP contribution in [0.4, 0.5) is 0 Å². The number of benzene rings is 2. The molecule has 2 aromatic carbocycles. The second-order valence-electron chi connectivity index (χ2n) is 6.62. The van der Waals surface area contributed by atoms with Crippen LogP contribution in [0.3, 0.4) is 0 Å². The Kier molecular flexibility index (Phi) is 5.48. The van der Waals surface area contributed by atoms with Gasteiger partial charge >= 0.3 is 0 Å². The second kappa shape index (κ2) is 7.81. The van der Waals surface area contributed by atoms with Crippen LogP contribution in [0.15, 0.2) is 65.6 Å². The zero-order chi connectivity index (χ0) is 19.4. The molecule has 0 aliphatic heterocycles. The van der Waals surface area contributed by atoms with E-state index in [0.717, 1.165) is 22.4 Å². The predicted octanol–water partition coefficient (Wildman–Crippen LogP) is 4.86. The molecule has 0 unspecified atom stereocenters. The first-order valence-corrected chi connectivity index (χ1v) is 10.3. The molecular formula is C22H22N2O2S. The molecule has 0 saturated heterocycles. The maximum absolute atomic E-state index is 13.5. The summed E-state index contributed by atoms with van der Waals surface area (Å²) in [5.74, 6) is 0. The van der Waals surface area contributed by atoms with Crippen LogP contribution in [-0.2, 0) is 16.4 Å². The fourth-order valence-corrected chi connectivity index (χ4v) is 4.82. The Morgan fingerprint density at radius 2 is 1.67 bits per heavy atom. The van der Waals surface area contributed by atoms with E-state index in [-0.39, 0.29) is 4.90 Å². The number of hydrogen-bond donors (Lipinski definition) is 0. The number of aryl methyl sites for hydroxylation is 2. The first-order chi connectivity index (χ1) is 12.9. The maximum atomic E-state index is 13.5. The molecule has 27 heavy (non-hydrogen) atoms. The first kappa shape index (κ1) is 18.9. The van der Waals surface area contributed by atoms with E-state index < -0.39 is 10.0 Å². The van der Waals surface area contributed by atoms with Gasteiger partial charge in [-0.2, -0.15) is 5.26 Å². The van der Waals surface area contributed by atoms with E-state index in [1.807, 2.05) is 50.2 Å². The van der Waals surface area contributed by atoms with Crippen molar-refractivity contribution in [2.75, 3.05) is 0 Å². The van der Waals surface area contributed by atoms with E-state index in [9.17, 15) is 8.42 Å². The minimum absolute atomic E-state index is 0.266. The second-order valence-corrected chi connectivity index (χ2v) is 8.41. The molecule has 3 aromatic rings. The molecule has 1 heterocycles. The smallest absolute Gasteiger partial charge is 0.238 e. The van der Waals surface area contributed by atoms with E-state index >= 15 is 0 Å². The van der Waals surface area contributed by atoms with Crippen molar-refractivity contribution in [1.82, 2.24) is 3.97 Å². The molecule has 0 saturated carbocycles. The molecule has 5 heteroatoms. The lowest BCUT2D eigenvalue weighted by Gasteiger charge is -2.15. The minimum atomic E-state index is -3.75. The Morgan fingerprint density at radius 1 is 1.00 bits per heavy atom. The zero-order valence-corrected chi connectivity index (χ0v) is 16.3. The molecule has 138 valence electrons. The van der Waals surface area contributed by atoms with Crippen molar-refractivity contribution in [2.45, 2.75) is 38.0 Å². The van der Waals surface area contributed by atoms with Crippen LogP contribution < -0.4 is 0 Å². The van der Waals surface area contributed by atoms with Gasteiger partial charge in [-0.3, -0.25) is 0 Å². The highest BCUT2D eigenvalue weighted by molar-refractivity contribution is 7.90. The van der Waals surface area contributed by atoms with Gasteiger partial charge in [-0.15, -0.1) is 0 Å². The van der Waals surface area contributed by atoms with Gasteiger partial charge in [0.25, 0.3) is 10.0 Å². The predicted molar refractivity (Wildman–Crippen MR) is 107 cm³/mol. The van der Waals surface area contributed by atoms with Crippen molar-refractivity contribution >= 4 is 10.0 Å². The number of aromatic nitrogens is 1. The van der Waals surface area contributed by atoms with Crippen LogP contribution in [-0.4, -0.2) is 12.4 Å². The van der Waals surface area contributed by atoms with Crippen LogP contribution in [0.2, 0.25) is 0 Å². The maximum Gasteiger partial charge on any atom is 0.268 e. The van der Waals surface area contributed by atoms with Gasteiger partial charge in [0, 0.05) is 12.1 Å². The van der Waals surface area contributed by atoms with E-state index in [1.54, 1.807) is 24.3 Å². The van der Waals surface area contributed by atoms with Gasteiger partial charge in [0.15, 0.2) is 0 Å². The van der Waals surface area contributed by atoms with Gasteiger partial charge in [0.2, 0.25) is 0 Å². The molecule has 0 fully saturated rings. The molecule has 0 aliphatic rings. The van der Waals surface area contributed by atoms with Crippen LogP contribution in [0, 0.1) is 25.2 Å². The standard InChI is InChI=1S/C22H22N2O2S/c1-17-11-13-20(14-12-17)27(25,26)24-21(10-6-7-15-23)18(2)16-22(24)19-8-4-3-5-9-19/h3-5,8-9,11-14,16H,6-7,10H2,1-2H3. The normalized spacial score (nSPS) is 11.3. The monoisotopic (exact) mass is 378 g/mol. The van der Waals surface area contributed by atoms with E-state index in [2.05, 4.69) is 6.07 Å². The molecular weight excluding hydrogens is 356 g/mol. The van der Waals surface area contributed by atoms with Crippen molar-refractivity contribution in [2.24, 2.45) is 0 Å². The summed E-state index contributed by atoms with van der Waals surface area (Å²) in [6.45, 7) is 3.86. The summed E-state index contributed by atoms with van der Waals surface area (Å²) in [5.41, 5.74) is 4.17. The van der Waals surface area contributed by atoms with Crippen molar-refractivity contribution in [1.29, 1.82) is 5.26 Å². The Hall–Kier alpha value is -2.84. The van der Waals surface area contributed by atoms with Gasteiger partial charge in [0.1, 0.15) is 0 Å². The summed E-state index contributed by atoms with van der Waals surface area (Å²) in [5, 5.41) is 8.85. The lowest BCUT2D eigenvalue weighted by molar-refractivity contribution is 0.585. The molecule has 3 rings (SSSR count). The highest BCUT2D eigenvalue weighted by atomic mass is 32.2. The largest absolute Gasteiger partial charge is 0.268 e. The summed E-state index contributed by atoms with van der Waals surface area (Å²) in [4.78, 5) is 0.266. The fourth-order valence-electron chi connectivity index (χ4n) is 3.19. The third-order valence-corrected chi connectivity index (χ3v) is 6.37. The number of unbranched alkanes of at least 4 members (excludes halogenated alkanes) is 1. The van der Waals surface area contributed by atoms with Crippen LogP contribution in [0.5, 0.6) is 0 Å². The lowest BCUT2D eigenvalue weighted by Crippen LogP contribution is -2.17. The SMILES string of the molecule is Cc1ccc(S(=O)(=O)n2c(-c3ccccc3)cc(C)c2CCCC#N)cc1. The number of nitrogens with zero attached hydrogens (tertiary/aromatic N) is 2. The summed E-state index contributed by atoms with van der Waals surface area (Å²) in [7, 11) is -3.75. The Balaban J connectivity index is 2.21. The highest BCUT2D eigenvalue weighted by Gasteiger charge is 2.25. The van der Waals surface area contributed by atoms with E-state index in [1.165, 1.54) is 3.97 Å². The Bertz CT molecular complexity index is 1070. The minimum Gasteiger partial charge on any atom is -0.238 e. The van der Waals surface area contributed by atoms with E-state index in [4.69, 9.17) is 5.26 Å². The van der Waals surface area contributed by atoms with Crippen molar-refractivity contribution in [3.05, 3.63) is 77.5 Å². The highest BCUT2D eigenvalue weighted by Crippen LogP contribution is 2.31. The van der Waals surface area contributed by atoms with Crippen LogP contribution in [0.1, 0.15) is 29.7 Å². The lowest BCUT2D eigenvalue weighted by atomic mass is 10.1. The molecule has 0 N–H and O–H groups in total. The molecule has 0 spiro atoms. The van der Waals surface area contributed by atoms with Gasteiger partial charge in [-0.05, 0) is 56.0 Å². The van der Waals surface area contributed by atoms with Crippen LogP contribution >= 0.6 is 0 Å². The fraction of sp³-hybridized carbons (Fsp3) is 0.227.